The number of hydrogen-bond donors (Lipinski definition) is 3. The Labute approximate surface area is 299 Å². The zero-order valence-electron chi connectivity index (χ0n) is 28.6. The molecule has 4 saturated heterocycles. The van der Waals surface area contributed by atoms with Crippen LogP contribution in [0.2, 0.25) is 0 Å². The zero-order chi connectivity index (χ0) is 36.5. The number of carbonyl (C=O) groups excluding carboxylic acids is 3. The van der Waals surface area contributed by atoms with Crippen molar-refractivity contribution in [3.05, 3.63) is 95.6 Å². The molecule has 52 heavy (non-hydrogen) atoms. The lowest BCUT2D eigenvalue weighted by Gasteiger charge is -2.45. The van der Waals surface area contributed by atoms with Gasteiger partial charge in [0.15, 0.2) is 6.29 Å². The molecule has 0 radical (unpaired) electrons. The number of carbonyl (C=O) groups is 3. The monoisotopic (exact) mass is 721 g/mol. The Kier molecular flexibility index (Phi) is 10.3. The predicted molar refractivity (Wildman–Crippen MR) is 185 cm³/mol. The first kappa shape index (κ1) is 35.9. The van der Waals surface area contributed by atoms with Gasteiger partial charge in [0.2, 0.25) is 11.8 Å². The van der Waals surface area contributed by atoms with Crippen LogP contribution in [0.15, 0.2) is 78.9 Å². The summed E-state index contributed by atoms with van der Waals surface area (Å²) in [5.74, 6) is -2.63. The zero-order valence-corrected chi connectivity index (χ0v) is 28.6. The van der Waals surface area contributed by atoms with Crippen LogP contribution in [0.3, 0.4) is 0 Å². The molecule has 7 rings (SSSR count). The number of halogens is 3. The molecule has 0 aromatic heterocycles. The summed E-state index contributed by atoms with van der Waals surface area (Å²) in [6, 6.07) is 23.1. The number of benzene rings is 3. The lowest BCUT2D eigenvalue weighted by molar-refractivity contribution is -0.253. The number of aliphatic hydroxyl groups excluding tert-OH is 1. The van der Waals surface area contributed by atoms with Gasteiger partial charge in [0.05, 0.1) is 25.5 Å². The molecular weight excluding hydrogens is 679 g/mol. The van der Waals surface area contributed by atoms with Crippen molar-refractivity contribution >= 4 is 29.1 Å². The van der Waals surface area contributed by atoms with Crippen molar-refractivity contribution in [3.8, 4) is 0 Å². The molecule has 3 amide bonds. The van der Waals surface area contributed by atoms with E-state index in [1.807, 2.05) is 54.6 Å². The molecule has 3 N–H and O–H groups in total. The summed E-state index contributed by atoms with van der Waals surface area (Å²) < 4.78 is 52.3. The molecule has 0 aliphatic carbocycles. The first-order valence-corrected chi connectivity index (χ1v) is 17.7. The number of aliphatic hydroxyl groups is 1. The highest BCUT2D eigenvalue weighted by molar-refractivity contribution is 5.98. The van der Waals surface area contributed by atoms with Crippen LogP contribution < -0.4 is 15.5 Å². The second kappa shape index (κ2) is 14.9. The van der Waals surface area contributed by atoms with Gasteiger partial charge in [0.25, 0.3) is 0 Å². The average Bonchev–Trinajstić information content (AvgIpc) is 3.77. The van der Waals surface area contributed by atoms with Gasteiger partial charge in [0.1, 0.15) is 11.6 Å². The Morgan fingerprint density at radius 2 is 1.62 bits per heavy atom. The summed E-state index contributed by atoms with van der Waals surface area (Å²) in [7, 11) is 0. The van der Waals surface area contributed by atoms with Crippen molar-refractivity contribution < 1.29 is 42.1 Å². The number of rotatable bonds is 8. The van der Waals surface area contributed by atoms with Gasteiger partial charge in [-0.05, 0) is 61.1 Å². The van der Waals surface area contributed by atoms with Crippen molar-refractivity contribution in [2.45, 2.75) is 75.0 Å². The van der Waals surface area contributed by atoms with Crippen LogP contribution in [0.25, 0.3) is 0 Å². The van der Waals surface area contributed by atoms with E-state index in [9.17, 15) is 32.7 Å². The van der Waals surface area contributed by atoms with Crippen LogP contribution >= 0.6 is 0 Å². The number of hydrogen-bond acceptors (Lipinski definition) is 8. The lowest BCUT2D eigenvalue weighted by Crippen LogP contribution is -2.57. The van der Waals surface area contributed by atoms with Crippen molar-refractivity contribution in [2.75, 3.05) is 43.1 Å². The minimum absolute atomic E-state index is 0.0553. The number of piperidine rings is 1. The maximum Gasteiger partial charge on any atom is 0.471 e. The fraction of sp³-hybridized carbons (Fsp3) is 0.447. The smallest absolute Gasteiger partial charge is 0.392 e. The summed E-state index contributed by atoms with van der Waals surface area (Å²) in [4.78, 5) is 43.1. The van der Waals surface area contributed by atoms with Crippen molar-refractivity contribution in [2.24, 2.45) is 0 Å². The number of amides is 3. The number of nitrogens with one attached hydrogen (secondary N) is 2. The van der Waals surface area contributed by atoms with Crippen LogP contribution in [0, 0.1) is 0 Å². The van der Waals surface area contributed by atoms with E-state index in [0.29, 0.717) is 68.1 Å². The van der Waals surface area contributed by atoms with Gasteiger partial charge in [-0.15, -0.1) is 0 Å². The van der Waals surface area contributed by atoms with Gasteiger partial charge < -0.3 is 39.9 Å². The molecule has 4 heterocycles. The van der Waals surface area contributed by atoms with Gasteiger partial charge in [-0.2, -0.15) is 13.2 Å². The Hall–Kier alpha value is -4.50. The maximum absolute atomic E-state index is 13.2. The van der Waals surface area contributed by atoms with Gasteiger partial charge in [-0.1, -0.05) is 54.6 Å². The molecule has 1 spiro atoms. The SMILES string of the molecule is O=C(Nc1ccc(C2OC(CN3CCC4(CC3)C(=O)NCN4c3ccccc3)CC(c3ccc(CO)cc3)O2)cc1)C1CCCN1C(=O)C(F)(F)F. The van der Waals surface area contributed by atoms with E-state index in [1.54, 1.807) is 24.3 Å². The van der Waals surface area contributed by atoms with E-state index in [1.165, 1.54) is 0 Å². The molecule has 4 aliphatic heterocycles. The molecule has 4 aliphatic rings. The van der Waals surface area contributed by atoms with Crippen molar-refractivity contribution in [1.82, 2.24) is 15.1 Å². The quantitative estimate of drug-likeness (QED) is 0.308. The van der Waals surface area contributed by atoms with Gasteiger partial charge in [-0.3, -0.25) is 14.4 Å². The highest BCUT2D eigenvalue weighted by Gasteiger charge is 2.51. The molecule has 3 aromatic carbocycles. The third-order valence-electron chi connectivity index (χ3n) is 10.7. The highest BCUT2D eigenvalue weighted by atomic mass is 19.4. The van der Waals surface area contributed by atoms with Crippen LogP contribution in [0.1, 0.15) is 61.2 Å². The summed E-state index contributed by atoms with van der Waals surface area (Å²) in [6.07, 6.45) is -3.98. The molecule has 3 aromatic rings. The molecule has 0 bridgehead atoms. The third-order valence-corrected chi connectivity index (χ3v) is 10.7. The number of nitrogens with zero attached hydrogens (tertiary/aromatic N) is 3. The topological polar surface area (TPSA) is 124 Å². The number of ether oxygens (including phenoxy) is 2. The average molecular weight is 722 g/mol. The van der Waals surface area contributed by atoms with E-state index in [2.05, 4.69) is 20.4 Å². The second-order valence-electron chi connectivity index (χ2n) is 13.9. The third kappa shape index (κ3) is 7.38. The lowest BCUT2D eigenvalue weighted by atomic mass is 9.85. The largest absolute Gasteiger partial charge is 0.471 e. The first-order chi connectivity index (χ1) is 25.0. The predicted octanol–water partition coefficient (Wildman–Crippen LogP) is 4.64. The molecule has 0 saturated carbocycles. The summed E-state index contributed by atoms with van der Waals surface area (Å²) >= 11 is 0. The Balaban J connectivity index is 1.03. The minimum atomic E-state index is -5.05. The van der Waals surface area contributed by atoms with Crippen molar-refractivity contribution in [3.63, 3.8) is 0 Å². The molecule has 4 unspecified atom stereocenters. The van der Waals surface area contributed by atoms with Crippen LogP contribution in [-0.2, 0) is 30.5 Å². The van der Waals surface area contributed by atoms with Crippen LogP contribution in [-0.4, -0.2) is 89.3 Å². The number of likely N-dealkylation sites (tertiary alicyclic amines) is 2. The van der Waals surface area contributed by atoms with E-state index < -0.39 is 35.9 Å². The maximum atomic E-state index is 13.2. The molecule has 4 fully saturated rings. The number of anilines is 2. The van der Waals surface area contributed by atoms with E-state index >= 15 is 0 Å². The second-order valence-corrected chi connectivity index (χ2v) is 13.9. The van der Waals surface area contributed by atoms with E-state index in [-0.39, 0.29) is 37.7 Å². The van der Waals surface area contributed by atoms with Gasteiger partial charge in [-0.25, -0.2) is 0 Å². The molecule has 276 valence electrons. The normalized spacial score (nSPS) is 25.0. The summed E-state index contributed by atoms with van der Waals surface area (Å²) in [5, 5.41) is 15.3. The number of para-hydroxylation sites is 1. The fourth-order valence-corrected chi connectivity index (χ4v) is 7.85. The molecule has 11 nitrogen and oxygen atoms in total. The molecule has 4 atom stereocenters. The summed E-state index contributed by atoms with van der Waals surface area (Å²) in [5.41, 5.74) is 3.19. The highest BCUT2D eigenvalue weighted by Crippen LogP contribution is 2.40. The van der Waals surface area contributed by atoms with Crippen LogP contribution in [0.4, 0.5) is 24.5 Å². The molecule has 14 heteroatoms. The van der Waals surface area contributed by atoms with Crippen molar-refractivity contribution in [1.29, 1.82) is 0 Å². The Morgan fingerprint density at radius 3 is 2.29 bits per heavy atom. The van der Waals surface area contributed by atoms with E-state index in [0.717, 1.165) is 16.8 Å². The first-order valence-electron chi connectivity index (χ1n) is 17.7. The molecular formula is C38H42F3N5O6. The number of alkyl halides is 3. The standard InChI is InChI=1S/C38H42F3N5O6/c39-38(40,41)36(50)45-18-4-7-31(45)33(48)43-28-14-12-27(13-15-28)34-51-30(21-32(52-34)26-10-8-25(23-47)9-11-26)22-44-19-16-37(17-20-44)35(49)42-24-46(37)29-5-2-1-3-6-29/h1-3,5-6,8-15,30-32,34,47H,4,7,16-24H2,(H,42,49)(H,43,48). The summed E-state index contributed by atoms with van der Waals surface area (Å²) in [6.45, 7) is 2.31. The minimum Gasteiger partial charge on any atom is -0.392 e. The Morgan fingerprint density at radius 1 is 0.923 bits per heavy atom. The van der Waals surface area contributed by atoms with Crippen LogP contribution in [0.5, 0.6) is 0 Å². The van der Waals surface area contributed by atoms with Gasteiger partial charge >= 0.3 is 12.1 Å². The fourth-order valence-electron chi connectivity index (χ4n) is 7.85. The van der Waals surface area contributed by atoms with Gasteiger partial charge in [0, 0.05) is 49.5 Å². The Bertz CT molecular complexity index is 1730. The van der Waals surface area contributed by atoms with E-state index in [4.69, 9.17) is 9.47 Å².